The van der Waals surface area contributed by atoms with Crippen LogP contribution in [0.3, 0.4) is 0 Å². The third kappa shape index (κ3) is 7.52. The average Bonchev–Trinajstić information content (AvgIpc) is 3.78. The van der Waals surface area contributed by atoms with Crippen LogP contribution in [0.25, 0.3) is 39.3 Å². The second-order valence-corrected chi connectivity index (χ2v) is 13.0. The summed E-state index contributed by atoms with van der Waals surface area (Å²) in [6.07, 6.45) is 2.52. The van der Waals surface area contributed by atoms with Crippen LogP contribution < -0.4 is 11.1 Å². The maximum Gasteiger partial charge on any atom is 0.310 e. The molecule has 6 N–H and O–H groups in total. The molecule has 2 aliphatic rings. The summed E-state index contributed by atoms with van der Waals surface area (Å²) in [5, 5.41) is 12.7. The van der Waals surface area contributed by atoms with Crippen molar-refractivity contribution in [3.63, 3.8) is 0 Å². The third-order valence-electron chi connectivity index (χ3n) is 9.97. The molecule has 0 aromatic carbocycles. The minimum absolute atomic E-state index is 0.106. The number of nitrogens with one attached hydrogen (secondary N) is 3. The fourth-order valence-corrected chi connectivity index (χ4v) is 7.12. The van der Waals surface area contributed by atoms with E-state index in [4.69, 9.17) is 25.2 Å². The Hall–Kier alpha value is -5.07. The molecule has 0 saturated carbocycles. The van der Waals surface area contributed by atoms with Gasteiger partial charge in [0.25, 0.3) is 5.91 Å². The number of rotatable bonds is 13. The van der Waals surface area contributed by atoms with Gasteiger partial charge in [0.2, 0.25) is 0 Å². The number of methoxy groups -OCH3 is 1. The Morgan fingerprint density at radius 1 is 1.02 bits per heavy atom. The summed E-state index contributed by atoms with van der Waals surface area (Å²) in [7, 11) is 1.31. The Bertz CT molecular complexity index is 2070. The topological polar surface area (TPSA) is 185 Å². The Labute approximate surface area is 297 Å². The number of carbonyl (C=O) groups is 3. The number of hydrogen-bond donors (Lipinski definition) is 5. The number of amides is 1. The zero-order chi connectivity index (χ0) is 37.0. The summed E-state index contributed by atoms with van der Waals surface area (Å²) in [4.78, 5) is 56.4. The largest absolute Gasteiger partial charge is 0.481 e. The van der Waals surface area contributed by atoms with Crippen molar-refractivity contribution in [1.82, 2.24) is 25.3 Å². The summed E-state index contributed by atoms with van der Waals surface area (Å²) in [5.74, 6) is -2.46. The molecule has 8 bridgehead atoms. The second-order valence-electron chi connectivity index (χ2n) is 13.0. The first-order chi connectivity index (χ1) is 24.4. The molecule has 3 aromatic rings. The van der Waals surface area contributed by atoms with Gasteiger partial charge in [-0.25, -0.2) is 4.98 Å². The second kappa shape index (κ2) is 15.9. The van der Waals surface area contributed by atoms with E-state index in [0.29, 0.717) is 52.6 Å². The number of carbonyl (C=O) groups excluding carboxylic acids is 2. The van der Waals surface area contributed by atoms with E-state index in [1.165, 1.54) is 7.11 Å². The first kappa shape index (κ1) is 37.2. The van der Waals surface area contributed by atoms with Crippen molar-refractivity contribution >= 4 is 57.1 Å². The number of carboxylic acids is 1. The number of carboxylic acid groups (broad SMARTS) is 1. The van der Waals surface area contributed by atoms with Crippen molar-refractivity contribution in [2.45, 2.75) is 72.1 Å². The Balaban J connectivity index is 1.93. The van der Waals surface area contributed by atoms with Crippen LogP contribution in [0.5, 0.6) is 0 Å². The molecule has 2 aliphatic heterocycles. The van der Waals surface area contributed by atoms with Gasteiger partial charge in [-0.3, -0.25) is 19.4 Å². The summed E-state index contributed by atoms with van der Waals surface area (Å²) >= 11 is 0. The molecule has 270 valence electrons. The van der Waals surface area contributed by atoms with Gasteiger partial charge in [-0.1, -0.05) is 26.5 Å². The summed E-state index contributed by atoms with van der Waals surface area (Å²) in [6, 6.07) is 6.00. The zero-order valence-electron chi connectivity index (χ0n) is 30.3. The molecule has 3 aromatic heterocycles. The molecular weight excluding hydrogens is 648 g/mol. The van der Waals surface area contributed by atoms with E-state index >= 15 is 0 Å². The Morgan fingerprint density at radius 3 is 2.41 bits per heavy atom. The van der Waals surface area contributed by atoms with Gasteiger partial charge in [0.15, 0.2) is 0 Å². The zero-order valence-corrected chi connectivity index (χ0v) is 30.3. The van der Waals surface area contributed by atoms with Crippen LogP contribution in [0, 0.1) is 13.8 Å². The van der Waals surface area contributed by atoms with Gasteiger partial charge < -0.3 is 35.6 Å². The third-order valence-corrected chi connectivity index (χ3v) is 9.97. The monoisotopic (exact) mass is 696 g/mol. The van der Waals surface area contributed by atoms with Gasteiger partial charge in [0.1, 0.15) is 0 Å². The van der Waals surface area contributed by atoms with Crippen LogP contribution in [-0.2, 0) is 36.7 Å². The van der Waals surface area contributed by atoms with Crippen molar-refractivity contribution < 1.29 is 29.0 Å². The SMILES string of the molecule is C=Cc1c(C)c2cc3nc(c(CC(=O)OC)c4nc(cc5[nH]c(cc1[nH]2)c(C)c5CC)C(C)=C4C(=O)NCCOCCN)C(CCC(=O)O)C3C. The van der Waals surface area contributed by atoms with Crippen LogP contribution in [0.4, 0.5) is 0 Å². The molecule has 0 aliphatic carbocycles. The van der Waals surface area contributed by atoms with E-state index in [9.17, 15) is 19.5 Å². The lowest BCUT2D eigenvalue weighted by molar-refractivity contribution is -0.140. The van der Waals surface area contributed by atoms with Crippen molar-refractivity contribution in [2.75, 3.05) is 33.4 Å². The van der Waals surface area contributed by atoms with Crippen molar-refractivity contribution in [3.8, 4) is 0 Å². The Kier molecular flexibility index (Phi) is 11.6. The molecule has 5 heterocycles. The molecule has 0 spiro atoms. The van der Waals surface area contributed by atoms with Gasteiger partial charge in [-0.05, 0) is 74.1 Å². The van der Waals surface area contributed by atoms with Gasteiger partial charge in [-0.2, -0.15) is 0 Å². The number of aromatic amines is 2. The van der Waals surface area contributed by atoms with E-state index < -0.39 is 11.9 Å². The van der Waals surface area contributed by atoms with Crippen LogP contribution >= 0.6 is 0 Å². The van der Waals surface area contributed by atoms with Crippen LogP contribution in [0.15, 0.2) is 24.8 Å². The van der Waals surface area contributed by atoms with E-state index in [2.05, 4.69) is 41.8 Å². The number of esters is 1. The molecule has 12 heteroatoms. The normalized spacial score (nSPS) is 15.6. The number of allylic oxidation sites excluding steroid dienone is 1. The van der Waals surface area contributed by atoms with E-state index in [0.717, 1.165) is 50.7 Å². The predicted molar refractivity (Wildman–Crippen MR) is 199 cm³/mol. The highest BCUT2D eigenvalue weighted by Gasteiger charge is 2.35. The van der Waals surface area contributed by atoms with E-state index in [1.54, 1.807) is 0 Å². The molecular formula is C39H48N6O6. The number of hydrogen-bond acceptors (Lipinski definition) is 8. The molecule has 51 heavy (non-hydrogen) atoms. The molecule has 1 amide bonds. The number of fused-ring (bicyclic) bond motifs is 8. The molecule has 0 saturated heterocycles. The van der Waals surface area contributed by atoms with Crippen molar-refractivity contribution in [1.29, 1.82) is 0 Å². The highest BCUT2D eigenvalue weighted by atomic mass is 16.5. The maximum atomic E-state index is 14.1. The Morgan fingerprint density at radius 2 is 1.75 bits per heavy atom. The van der Waals surface area contributed by atoms with E-state index in [1.807, 2.05) is 39.0 Å². The lowest BCUT2D eigenvalue weighted by Crippen LogP contribution is -2.29. The van der Waals surface area contributed by atoms with E-state index in [-0.39, 0.29) is 50.2 Å². The lowest BCUT2D eigenvalue weighted by Gasteiger charge is -2.18. The van der Waals surface area contributed by atoms with Gasteiger partial charge in [0, 0.05) is 70.2 Å². The molecule has 5 rings (SSSR count). The van der Waals surface area contributed by atoms with Crippen LogP contribution in [-0.4, -0.2) is 76.3 Å². The van der Waals surface area contributed by atoms with Crippen LogP contribution in [0.1, 0.15) is 96.0 Å². The smallest absolute Gasteiger partial charge is 0.310 e. The highest BCUT2D eigenvalue weighted by Crippen LogP contribution is 2.43. The number of nitrogens with two attached hydrogens (primary N) is 1. The summed E-state index contributed by atoms with van der Waals surface area (Å²) in [6.45, 7) is 15.4. The number of aromatic nitrogens is 4. The minimum atomic E-state index is -0.939. The van der Waals surface area contributed by atoms with Gasteiger partial charge >= 0.3 is 11.9 Å². The van der Waals surface area contributed by atoms with Crippen LogP contribution in [0.2, 0.25) is 0 Å². The lowest BCUT2D eigenvalue weighted by atomic mass is 9.84. The van der Waals surface area contributed by atoms with Crippen molar-refractivity contribution in [2.24, 2.45) is 5.73 Å². The maximum absolute atomic E-state index is 14.1. The number of ether oxygens (including phenoxy) is 2. The number of nitrogens with zero attached hydrogens (tertiary/aromatic N) is 2. The average molecular weight is 697 g/mol. The first-order valence-electron chi connectivity index (χ1n) is 17.4. The fraction of sp³-hybridized carbons (Fsp3) is 0.410. The quantitative estimate of drug-likeness (QED) is 0.112. The number of aryl methyl sites for hydroxylation is 3. The number of H-pyrrole nitrogens is 2. The standard InChI is InChI=1S/C39H48N6O6/c1-8-24-20(3)28-17-30-22(5)26(10-11-34(46)47)37(44-30)27(16-35(48)50-7)38-36(39(49)41-13-15-51-14-12-40)23(6)31(45-38)19-33-25(9-2)21(4)29(43-33)18-32(24)42-28/h8,17-19,22,26,42-43H,1,9-16,40H2,2-7H3,(H,41,49)(H,46,47). The summed E-state index contributed by atoms with van der Waals surface area (Å²) < 4.78 is 10.6. The number of aliphatic carboxylic acids is 1. The minimum Gasteiger partial charge on any atom is -0.481 e. The van der Waals surface area contributed by atoms with Gasteiger partial charge in [0.05, 0.1) is 49.4 Å². The highest BCUT2D eigenvalue weighted by molar-refractivity contribution is 6.27. The molecule has 2 atom stereocenters. The fourth-order valence-electron chi connectivity index (χ4n) is 7.12. The first-order valence-corrected chi connectivity index (χ1v) is 17.4. The molecule has 2 unspecified atom stereocenters. The molecule has 0 fully saturated rings. The van der Waals surface area contributed by atoms with Crippen molar-refractivity contribution in [3.05, 3.63) is 75.4 Å². The molecule has 0 radical (unpaired) electrons. The molecule has 12 nitrogen and oxygen atoms in total. The van der Waals surface area contributed by atoms with Gasteiger partial charge in [-0.15, -0.1) is 0 Å². The predicted octanol–water partition coefficient (Wildman–Crippen LogP) is 5.63. The summed E-state index contributed by atoms with van der Waals surface area (Å²) in [5.41, 5.74) is 16.7.